The molecule has 0 saturated carbocycles. The van der Waals surface area contributed by atoms with Gasteiger partial charge in [0.2, 0.25) is 5.67 Å². The van der Waals surface area contributed by atoms with Crippen LogP contribution in [0.1, 0.15) is 53.4 Å². The van der Waals surface area contributed by atoms with Crippen molar-refractivity contribution in [1.82, 2.24) is 9.97 Å². The summed E-state index contributed by atoms with van der Waals surface area (Å²) in [5.41, 5.74) is 0.269. The van der Waals surface area contributed by atoms with E-state index in [0.29, 0.717) is 24.4 Å². The number of hydrogen-bond donors (Lipinski definition) is 0. The van der Waals surface area contributed by atoms with Gasteiger partial charge in [-0.3, -0.25) is 0 Å². The van der Waals surface area contributed by atoms with Crippen LogP contribution < -0.4 is 9.47 Å². The summed E-state index contributed by atoms with van der Waals surface area (Å²) in [5.74, 6) is -0.0719. The molecule has 3 aromatic rings. The molecule has 0 N–H and O–H groups in total. The largest absolute Gasteiger partial charge is 0.490 e. The van der Waals surface area contributed by atoms with E-state index in [9.17, 15) is 18.0 Å². The predicted molar refractivity (Wildman–Crippen MR) is 142 cm³/mol. The number of esters is 1. The molecule has 38 heavy (non-hydrogen) atoms. The van der Waals surface area contributed by atoms with Crippen LogP contribution in [0.5, 0.6) is 11.5 Å². The minimum atomic E-state index is -2.02. The number of hydrogen-bond acceptors (Lipinski definition) is 5. The van der Waals surface area contributed by atoms with Gasteiger partial charge in [0, 0.05) is 23.5 Å². The average Bonchev–Trinajstić information content (AvgIpc) is 2.94. The zero-order valence-corrected chi connectivity index (χ0v) is 22.3. The number of unbranched alkanes of at least 4 members (excludes halogenated alkanes) is 1. The lowest BCUT2D eigenvalue weighted by Gasteiger charge is -2.19. The van der Waals surface area contributed by atoms with Crippen molar-refractivity contribution in [3.63, 3.8) is 0 Å². The van der Waals surface area contributed by atoms with E-state index in [1.54, 1.807) is 67.8 Å². The third kappa shape index (κ3) is 7.79. The fourth-order valence-corrected chi connectivity index (χ4v) is 3.72. The van der Waals surface area contributed by atoms with E-state index in [0.717, 1.165) is 23.1 Å². The number of carbonyl (C=O) groups excluding carboxylic acids is 1. The Morgan fingerprint density at radius 3 is 2.08 bits per heavy atom. The Balaban J connectivity index is 1.58. The first kappa shape index (κ1) is 29.1. The number of halogens is 3. The van der Waals surface area contributed by atoms with Crippen LogP contribution in [0.2, 0.25) is 0 Å². The lowest BCUT2D eigenvalue weighted by Crippen LogP contribution is -2.34. The van der Waals surface area contributed by atoms with E-state index in [4.69, 9.17) is 9.47 Å². The van der Waals surface area contributed by atoms with Crippen LogP contribution in [0.25, 0.3) is 22.5 Å². The monoisotopic (exact) mass is 528 g/mol. The second kappa shape index (κ2) is 13.4. The highest BCUT2D eigenvalue weighted by Gasteiger charge is 2.34. The van der Waals surface area contributed by atoms with Crippen molar-refractivity contribution in [2.45, 2.75) is 71.4 Å². The first-order valence-electron chi connectivity index (χ1n) is 13.0. The fourth-order valence-electron chi connectivity index (χ4n) is 3.72. The van der Waals surface area contributed by atoms with Gasteiger partial charge in [0.1, 0.15) is 24.3 Å². The summed E-state index contributed by atoms with van der Waals surface area (Å²) in [6.45, 7) is 6.34. The molecule has 4 atom stereocenters. The Hall–Kier alpha value is -3.42. The zero-order chi connectivity index (χ0) is 27.7. The van der Waals surface area contributed by atoms with Gasteiger partial charge in [-0.2, -0.15) is 0 Å². The number of alkyl halides is 3. The van der Waals surface area contributed by atoms with Crippen LogP contribution in [0, 0.1) is 5.92 Å². The molecule has 0 aliphatic rings. The molecule has 1 aromatic heterocycles. The summed E-state index contributed by atoms with van der Waals surface area (Å²) in [6.07, 6.45) is 2.18. The average molecular weight is 529 g/mol. The number of ether oxygens (including phenoxy) is 2. The van der Waals surface area contributed by atoms with Gasteiger partial charge in [0.15, 0.2) is 12.0 Å². The summed E-state index contributed by atoms with van der Waals surface area (Å²) in [4.78, 5) is 21.0. The van der Waals surface area contributed by atoms with Crippen LogP contribution in [0.3, 0.4) is 0 Å². The maximum atomic E-state index is 14.5. The molecule has 0 aliphatic carbocycles. The molecular formula is C30H35F3N2O3. The lowest BCUT2D eigenvalue weighted by atomic mass is 10.00. The van der Waals surface area contributed by atoms with E-state index in [1.165, 1.54) is 6.92 Å². The summed E-state index contributed by atoms with van der Waals surface area (Å²) in [5, 5.41) is 0. The van der Waals surface area contributed by atoms with Crippen LogP contribution >= 0.6 is 0 Å². The SMILES string of the molecule is CCCCC(C)(F)C(=O)Oc1ccc(-c2cnc(-c3ccc(OCC(F)C(F)C(C)CC)cc3)nc2)cc1. The van der Waals surface area contributed by atoms with E-state index < -0.39 is 24.0 Å². The van der Waals surface area contributed by atoms with E-state index in [2.05, 4.69) is 9.97 Å². The minimum Gasteiger partial charge on any atom is -0.490 e. The molecule has 8 heteroatoms. The highest BCUT2D eigenvalue weighted by atomic mass is 19.2. The molecule has 0 radical (unpaired) electrons. The van der Waals surface area contributed by atoms with Gasteiger partial charge in [-0.25, -0.2) is 27.9 Å². The second-order valence-electron chi connectivity index (χ2n) is 9.69. The Labute approximate surface area is 222 Å². The number of aromatic nitrogens is 2. The topological polar surface area (TPSA) is 61.3 Å². The third-order valence-corrected chi connectivity index (χ3v) is 6.53. The van der Waals surface area contributed by atoms with Gasteiger partial charge in [-0.15, -0.1) is 0 Å². The van der Waals surface area contributed by atoms with Crippen molar-refractivity contribution >= 4 is 5.97 Å². The number of nitrogens with zero attached hydrogens (tertiary/aromatic N) is 2. The van der Waals surface area contributed by atoms with Crippen molar-refractivity contribution in [2.75, 3.05) is 6.61 Å². The molecule has 0 spiro atoms. The number of carbonyl (C=O) groups is 1. The van der Waals surface area contributed by atoms with Crippen molar-refractivity contribution in [3.8, 4) is 34.0 Å². The third-order valence-electron chi connectivity index (χ3n) is 6.53. The van der Waals surface area contributed by atoms with E-state index >= 15 is 0 Å². The fraction of sp³-hybridized carbons (Fsp3) is 0.433. The number of rotatable bonds is 13. The van der Waals surface area contributed by atoms with Crippen molar-refractivity contribution in [3.05, 3.63) is 60.9 Å². The maximum Gasteiger partial charge on any atom is 0.348 e. The lowest BCUT2D eigenvalue weighted by molar-refractivity contribution is -0.147. The first-order valence-corrected chi connectivity index (χ1v) is 13.0. The summed E-state index contributed by atoms with van der Waals surface area (Å²) in [6, 6.07) is 13.5. The molecule has 5 nitrogen and oxygen atoms in total. The molecule has 0 saturated heterocycles. The van der Waals surface area contributed by atoms with Crippen LogP contribution in [-0.2, 0) is 4.79 Å². The number of benzene rings is 2. The summed E-state index contributed by atoms with van der Waals surface area (Å²) >= 11 is 0. The van der Waals surface area contributed by atoms with Gasteiger partial charge >= 0.3 is 5.97 Å². The van der Waals surface area contributed by atoms with Gasteiger partial charge in [-0.1, -0.05) is 45.7 Å². The van der Waals surface area contributed by atoms with Gasteiger partial charge in [0.25, 0.3) is 0 Å². The quantitative estimate of drug-likeness (QED) is 0.168. The smallest absolute Gasteiger partial charge is 0.348 e. The first-order chi connectivity index (χ1) is 18.1. The minimum absolute atomic E-state index is 0.121. The van der Waals surface area contributed by atoms with E-state index in [-0.39, 0.29) is 24.7 Å². The molecule has 3 rings (SSSR count). The van der Waals surface area contributed by atoms with Crippen LogP contribution in [0.4, 0.5) is 13.2 Å². The summed E-state index contributed by atoms with van der Waals surface area (Å²) < 4.78 is 53.2. The molecule has 2 aromatic carbocycles. The Bertz CT molecular complexity index is 1150. The standard InChI is InChI=1S/C30H35F3N2O3/c1-5-7-16-30(4,33)29(36)38-25-14-8-21(9-15-25)23-17-34-28(35-18-23)22-10-12-24(13-11-22)37-19-26(31)27(32)20(3)6-2/h8-15,17-18,20,26-27H,5-7,16,19H2,1-4H3. The van der Waals surface area contributed by atoms with Crippen LogP contribution in [-0.4, -0.2) is 40.6 Å². The van der Waals surface area contributed by atoms with Crippen LogP contribution in [0.15, 0.2) is 60.9 Å². The summed E-state index contributed by atoms with van der Waals surface area (Å²) in [7, 11) is 0. The zero-order valence-electron chi connectivity index (χ0n) is 22.3. The molecule has 0 amide bonds. The Morgan fingerprint density at radius 1 is 0.921 bits per heavy atom. The normalized spacial score (nSPS) is 15.2. The molecule has 0 bridgehead atoms. The Morgan fingerprint density at radius 2 is 1.50 bits per heavy atom. The Kier molecular flexibility index (Phi) is 10.3. The maximum absolute atomic E-state index is 14.5. The molecule has 4 unspecified atom stereocenters. The predicted octanol–water partition coefficient (Wildman–Crippen LogP) is 7.74. The van der Waals surface area contributed by atoms with Gasteiger partial charge in [-0.05, 0) is 67.6 Å². The molecule has 204 valence electrons. The van der Waals surface area contributed by atoms with Crippen molar-refractivity contribution in [2.24, 2.45) is 5.92 Å². The van der Waals surface area contributed by atoms with Crippen molar-refractivity contribution < 1.29 is 27.4 Å². The second-order valence-corrected chi connectivity index (χ2v) is 9.69. The van der Waals surface area contributed by atoms with Gasteiger partial charge in [0.05, 0.1) is 0 Å². The highest BCUT2D eigenvalue weighted by molar-refractivity contribution is 5.81. The molecule has 1 heterocycles. The molecular weight excluding hydrogens is 493 g/mol. The van der Waals surface area contributed by atoms with Gasteiger partial charge < -0.3 is 9.47 Å². The molecule has 0 aliphatic heterocycles. The highest BCUT2D eigenvalue weighted by Crippen LogP contribution is 2.27. The van der Waals surface area contributed by atoms with Crippen molar-refractivity contribution in [1.29, 1.82) is 0 Å². The van der Waals surface area contributed by atoms with E-state index in [1.807, 2.05) is 13.8 Å². The molecule has 0 fully saturated rings.